The second-order valence-corrected chi connectivity index (χ2v) is 6.91. The number of nitrogens with one attached hydrogen (secondary N) is 3. The van der Waals surface area contributed by atoms with Crippen molar-refractivity contribution in [2.24, 2.45) is 0 Å². The average Bonchev–Trinajstić information content (AvgIpc) is 2.95. The standard InChI is InChI=1S/C14H17N5O2S2/c1-8-4-5-10(6-9(8)2)16-12(21)17-13-18-19-14(23-13)22-7-11(20)15-3/h4-6H,7H2,1-3H3,(H,15,20)(H2,16,17,18,21). The minimum atomic E-state index is -0.382. The average molecular weight is 351 g/mol. The second kappa shape index (κ2) is 7.93. The van der Waals surface area contributed by atoms with Crippen molar-refractivity contribution in [1.29, 1.82) is 0 Å². The number of carbonyl (C=O) groups excluding carboxylic acids is 2. The lowest BCUT2D eigenvalue weighted by Crippen LogP contribution is -2.19. The Balaban J connectivity index is 1.89. The van der Waals surface area contributed by atoms with E-state index in [0.29, 0.717) is 15.2 Å². The zero-order valence-electron chi connectivity index (χ0n) is 13.0. The first-order valence-corrected chi connectivity index (χ1v) is 8.60. The lowest BCUT2D eigenvalue weighted by Gasteiger charge is -2.07. The molecule has 9 heteroatoms. The number of urea groups is 1. The van der Waals surface area contributed by atoms with Crippen LogP contribution in [-0.4, -0.2) is 34.9 Å². The van der Waals surface area contributed by atoms with Crippen LogP contribution in [0.4, 0.5) is 15.6 Å². The highest BCUT2D eigenvalue weighted by molar-refractivity contribution is 8.01. The van der Waals surface area contributed by atoms with Crippen molar-refractivity contribution in [3.63, 3.8) is 0 Å². The molecule has 0 aliphatic carbocycles. The fraction of sp³-hybridized carbons (Fsp3) is 0.286. The molecule has 2 rings (SSSR count). The molecule has 0 fully saturated rings. The maximum Gasteiger partial charge on any atom is 0.325 e. The van der Waals surface area contributed by atoms with Crippen LogP contribution in [-0.2, 0) is 4.79 Å². The van der Waals surface area contributed by atoms with Crippen LogP contribution < -0.4 is 16.0 Å². The summed E-state index contributed by atoms with van der Waals surface area (Å²) in [4.78, 5) is 23.1. The Morgan fingerprint density at radius 1 is 1.17 bits per heavy atom. The van der Waals surface area contributed by atoms with Crippen LogP contribution in [0.3, 0.4) is 0 Å². The Kier molecular flexibility index (Phi) is 5.94. The first kappa shape index (κ1) is 17.2. The summed E-state index contributed by atoms with van der Waals surface area (Å²) in [5.41, 5.74) is 2.98. The van der Waals surface area contributed by atoms with Crippen LogP contribution in [0.1, 0.15) is 11.1 Å². The number of benzene rings is 1. The normalized spacial score (nSPS) is 10.2. The predicted molar refractivity (Wildman–Crippen MR) is 93.3 cm³/mol. The van der Waals surface area contributed by atoms with Gasteiger partial charge in [-0.15, -0.1) is 10.2 Å². The molecule has 0 spiro atoms. The Hall–Kier alpha value is -2.13. The van der Waals surface area contributed by atoms with Crippen LogP contribution in [0, 0.1) is 13.8 Å². The number of amides is 3. The summed E-state index contributed by atoms with van der Waals surface area (Å²) < 4.78 is 0.620. The molecule has 0 aliphatic heterocycles. The zero-order chi connectivity index (χ0) is 16.8. The molecule has 0 bridgehead atoms. The summed E-state index contributed by atoms with van der Waals surface area (Å²) in [5, 5.41) is 16.1. The minimum absolute atomic E-state index is 0.0906. The molecule has 3 N–H and O–H groups in total. The van der Waals surface area contributed by atoms with Gasteiger partial charge in [-0.2, -0.15) is 0 Å². The number of nitrogens with zero attached hydrogens (tertiary/aromatic N) is 2. The number of thioether (sulfide) groups is 1. The smallest absolute Gasteiger partial charge is 0.325 e. The van der Waals surface area contributed by atoms with E-state index in [0.717, 1.165) is 11.1 Å². The molecule has 3 amide bonds. The number of aromatic nitrogens is 2. The van der Waals surface area contributed by atoms with Gasteiger partial charge in [-0.1, -0.05) is 29.2 Å². The third-order valence-corrected chi connectivity index (χ3v) is 4.97. The second-order valence-electron chi connectivity index (χ2n) is 4.71. The molecule has 7 nitrogen and oxygen atoms in total. The van der Waals surface area contributed by atoms with Gasteiger partial charge in [0.15, 0.2) is 4.34 Å². The predicted octanol–water partition coefficient (Wildman–Crippen LogP) is 2.64. The zero-order valence-corrected chi connectivity index (χ0v) is 14.6. The van der Waals surface area contributed by atoms with Gasteiger partial charge in [0.25, 0.3) is 0 Å². The fourth-order valence-corrected chi connectivity index (χ4v) is 3.22. The van der Waals surface area contributed by atoms with E-state index in [2.05, 4.69) is 26.1 Å². The lowest BCUT2D eigenvalue weighted by molar-refractivity contribution is -0.118. The van der Waals surface area contributed by atoms with E-state index < -0.39 is 0 Å². The van der Waals surface area contributed by atoms with E-state index in [1.54, 1.807) is 7.05 Å². The molecule has 1 heterocycles. The third kappa shape index (κ3) is 5.22. The van der Waals surface area contributed by atoms with Crippen LogP contribution in [0.25, 0.3) is 0 Å². The van der Waals surface area contributed by atoms with Gasteiger partial charge in [0.05, 0.1) is 5.75 Å². The molecule has 0 saturated heterocycles. The number of carbonyl (C=O) groups is 2. The molecular formula is C14H17N5O2S2. The lowest BCUT2D eigenvalue weighted by atomic mass is 10.1. The molecule has 2 aromatic rings. The Labute approximate surface area is 142 Å². The van der Waals surface area contributed by atoms with E-state index in [-0.39, 0.29) is 17.7 Å². The molecular weight excluding hydrogens is 334 g/mol. The van der Waals surface area contributed by atoms with E-state index in [4.69, 9.17) is 0 Å². The van der Waals surface area contributed by atoms with Crippen molar-refractivity contribution in [2.45, 2.75) is 18.2 Å². The monoisotopic (exact) mass is 351 g/mol. The van der Waals surface area contributed by atoms with Gasteiger partial charge in [0.1, 0.15) is 0 Å². The number of rotatable bonds is 5. The van der Waals surface area contributed by atoms with Gasteiger partial charge >= 0.3 is 6.03 Å². The molecule has 122 valence electrons. The third-order valence-electron chi connectivity index (χ3n) is 3.00. The first-order chi connectivity index (χ1) is 11.0. The molecule has 0 saturated carbocycles. The molecule has 0 aliphatic rings. The highest BCUT2D eigenvalue weighted by Gasteiger charge is 2.10. The maximum absolute atomic E-state index is 11.9. The molecule has 0 radical (unpaired) electrons. The Morgan fingerprint density at radius 3 is 2.65 bits per heavy atom. The van der Waals surface area contributed by atoms with Crippen molar-refractivity contribution in [3.05, 3.63) is 29.3 Å². The number of aryl methyl sites for hydroxylation is 2. The largest absolute Gasteiger partial charge is 0.358 e. The highest BCUT2D eigenvalue weighted by atomic mass is 32.2. The van der Waals surface area contributed by atoms with Crippen molar-refractivity contribution >= 4 is 45.9 Å². The Morgan fingerprint density at radius 2 is 1.96 bits per heavy atom. The highest BCUT2D eigenvalue weighted by Crippen LogP contribution is 2.25. The number of anilines is 2. The van der Waals surface area contributed by atoms with Gasteiger partial charge < -0.3 is 10.6 Å². The summed E-state index contributed by atoms with van der Waals surface area (Å²) >= 11 is 2.49. The summed E-state index contributed by atoms with van der Waals surface area (Å²) in [7, 11) is 1.58. The van der Waals surface area contributed by atoms with Crippen molar-refractivity contribution in [2.75, 3.05) is 23.4 Å². The van der Waals surface area contributed by atoms with E-state index in [1.165, 1.54) is 23.1 Å². The molecule has 23 heavy (non-hydrogen) atoms. The van der Waals surface area contributed by atoms with Crippen molar-refractivity contribution < 1.29 is 9.59 Å². The van der Waals surface area contributed by atoms with Gasteiger partial charge in [0, 0.05) is 12.7 Å². The SMILES string of the molecule is CNC(=O)CSc1nnc(NC(=O)Nc2ccc(C)c(C)c2)s1. The van der Waals surface area contributed by atoms with E-state index in [1.807, 2.05) is 32.0 Å². The summed E-state index contributed by atoms with van der Waals surface area (Å²) in [6.45, 7) is 4.00. The quantitative estimate of drug-likeness (QED) is 0.568. The van der Waals surface area contributed by atoms with Gasteiger partial charge in [-0.3, -0.25) is 10.1 Å². The molecule has 0 atom stereocenters. The molecule has 1 aromatic carbocycles. The summed E-state index contributed by atoms with van der Waals surface area (Å²) in [6, 6.07) is 5.31. The van der Waals surface area contributed by atoms with Crippen LogP contribution in [0.5, 0.6) is 0 Å². The first-order valence-electron chi connectivity index (χ1n) is 6.80. The van der Waals surface area contributed by atoms with E-state index >= 15 is 0 Å². The van der Waals surface area contributed by atoms with Gasteiger partial charge in [-0.05, 0) is 37.1 Å². The fourth-order valence-electron chi connectivity index (χ4n) is 1.60. The minimum Gasteiger partial charge on any atom is -0.358 e. The topological polar surface area (TPSA) is 96.0 Å². The molecule has 1 aromatic heterocycles. The van der Waals surface area contributed by atoms with Crippen molar-refractivity contribution in [1.82, 2.24) is 15.5 Å². The van der Waals surface area contributed by atoms with Gasteiger partial charge in [-0.25, -0.2) is 4.79 Å². The Bertz CT molecular complexity index is 717. The van der Waals surface area contributed by atoms with Crippen LogP contribution in [0.2, 0.25) is 0 Å². The van der Waals surface area contributed by atoms with Crippen LogP contribution >= 0.6 is 23.1 Å². The maximum atomic E-state index is 11.9. The molecule has 0 unspecified atom stereocenters. The van der Waals surface area contributed by atoms with Gasteiger partial charge in [0.2, 0.25) is 11.0 Å². The number of hydrogen-bond acceptors (Lipinski definition) is 6. The number of hydrogen-bond donors (Lipinski definition) is 3. The van der Waals surface area contributed by atoms with E-state index in [9.17, 15) is 9.59 Å². The van der Waals surface area contributed by atoms with Crippen molar-refractivity contribution in [3.8, 4) is 0 Å². The van der Waals surface area contributed by atoms with Crippen LogP contribution in [0.15, 0.2) is 22.5 Å². The summed E-state index contributed by atoms with van der Waals surface area (Å²) in [6.07, 6.45) is 0. The summed E-state index contributed by atoms with van der Waals surface area (Å²) in [5.74, 6) is 0.173.